The van der Waals surface area contributed by atoms with E-state index in [1.54, 1.807) is 24.3 Å². The van der Waals surface area contributed by atoms with Crippen LogP contribution in [0.15, 0.2) is 110 Å². The largest absolute Gasteiger partial charge is 1.00 e. The summed E-state index contributed by atoms with van der Waals surface area (Å²) >= 11 is 24.2. The van der Waals surface area contributed by atoms with Crippen molar-refractivity contribution in [3.63, 3.8) is 0 Å². The summed E-state index contributed by atoms with van der Waals surface area (Å²) in [7, 11) is -1.00. The number of likely N-dealkylation sites (tertiary alicyclic amines) is 1. The van der Waals surface area contributed by atoms with E-state index >= 15 is 0 Å². The average Bonchev–Trinajstić information content (AvgIpc) is 1.79. The van der Waals surface area contributed by atoms with Crippen LogP contribution in [0.25, 0.3) is 44.7 Å². The van der Waals surface area contributed by atoms with Crippen molar-refractivity contribution in [2.45, 2.75) is 149 Å². The molecule has 15 heterocycles. The van der Waals surface area contributed by atoms with Crippen molar-refractivity contribution in [3.05, 3.63) is 161 Å². The Morgan fingerprint density at radius 3 is 1.36 bits per heavy atom. The van der Waals surface area contributed by atoms with E-state index < -0.39 is 60.4 Å². The van der Waals surface area contributed by atoms with E-state index in [-0.39, 0.29) is 201 Å². The first-order valence-corrected chi connectivity index (χ1v) is 39.2. The van der Waals surface area contributed by atoms with Gasteiger partial charge in [-0.05, 0) is 141 Å². The second-order valence-electron chi connectivity index (χ2n) is 27.1. The number of hydrogen-bond donors (Lipinski definition) is 3. The molecule has 6 aliphatic rings. The van der Waals surface area contributed by atoms with Crippen LogP contribution in [0.2, 0.25) is 10.3 Å². The molecule has 0 aromatic carbocycles. The maximum Gasteiger partial charge on any atom is 1.00 e. The number of piperidine rings is 2. The molecule has 9 aromatic heterocycles. The van der Waals surface area contributed by atoms with Crippen LogP contribution in [0, 0.1) is 17.8 Å². The fourth-order valence-electron chi connectivity index (χ4n) is 11.2. The summed E-state index contributed by atoms with van der Waals surface area (Å²) in [5, 5.41) is 10.7. The number of Topliss-reactive ketones (excluding diaryl/α,β-unsaturated/α-hetero) is 1. The Morgan fingerprint density at radius 2 is 0.950 bits per heavy atom. The number of alkyl carbamates (subject to hydrolysis) is 2. The van der Waals surface area contributed by atoms with Gasteiger partial charge in [-0.1, -0.05) is 46.6 Å². The Kier molecular flexibility index (Phi) is 49.7. The van der Waals surface area contributed by atoms with Crippen LogP contribution in [-0.4, -0.2) is 231 Å². The second kappa shape index (κ2) is 56.1. The van der Waals surface area contributed by atoms with Crippen LogP contribution in [0.3, 0.4) is 0 Å². The molecule has 2 amide bonds. The number of nitrogens with one attached hydrogen (secondary N) is 3. The van der Waals surface area contributed by atoms with Gasteiger partial charge >= 0.3 is 111 Å². The molecule has 121 heavy (non-hydrogen) atoms. The first kappa shape index (κ1) is 107. The van der Waals surface area contributed by atoms with Crippen molar-refractivity contribution < 1.29 is 181 Å². The van der Waals surface area contributed by atoms with E-state index in [4.69, 9.17) is 85.7 Å². The smallest absolute Gasteiger partial charge is 1.00 e. The molecule has 652 valence electrons. The van der Waals surface area contributed by atoms with Crippen LogP contribution in [0.1, 0.15) is 83.1 Å². The number of aldehydes is 1. The molecule has 0 saturated carbocycles. The summed E-state index contributed by atoms with van der Waals surface area (Å²) in [6.07, 6.45) is 8.89. The van der Waals surface area contributed by atoms with Crippen LogP contribution in [0.4, 0.5) is 32.8 Å². The van der Waals surface area contributed by atoms with Gasteiger partial charge in [0.15, 0.2) is 47.2 Å². The minimum absolute atomic E-state index is 0. The van der Waals surface area contributed by atoms with E-state index in [0.29, 0.717) is 95.9 Å². The maximum absolute atomic E-state index is 13.5. The number of ether oxygens (including phenoxy) is 8. The number of pyridine rings is 5. The number of amides is 2. The van der Waals surface area contributed by atoms with E-state index in [9.17, 15) is 55.9 Å². The van der Waals surface area contributed by atoms with E-state index in [1.807, 2.05) is 41.5 Å². The molecule has 5 saturated heterocycles. The van der Waals surface area contributed by atoms with Gasteiger partial charge in [-0.2, -0.15) is 28.1 Å². The molecule has 6 aliphatic heterocycles. The van der Waals surface area contributed by atoms with Crippen molar-refractivity contribution >= 4 is 143 Å². The molecule has 15 rings (SSSR count). The number of aromatic nitrogens is 13. The Morgan fingerprint density at radius 1 is 0.587 bits per heavy atom. The van der Waals surface area contributed by atoms with Crippen molar-refractivity contribution in [3.8, 4) is 0 Å². The zero-order valence-electron chi connectivity index (χ0n) is 68.9. The molecule has 3 N–H and O–H groups in total. The molecule has 0 aliphatic carbocycles. The van der Waals surface area contributed by atoms with Crippen molar-refractivity contribution in [2.75, 3.05) is 90.2 Å². The van der Waals surface area contributed by atoms with Gasteiger partial charge < -0.3 is 69.7 Å². The molecule has 46 heteroatoms. The number of aliphatic imine (C=N–C) groups is 1. The fourth-order valence-corrected chi connectivity index (χ4v) is 11.9. The van der Waals surface area contributed by atoms with Gasteiger partial charge in [0.2, 0.25) is 17.8 Å². The number of fused-ring (bicyclic) bond motifs is 5. The Balaban J connectivity index is 0.000000489. The molecule has 0 bridgehead atoms. The molecular weight excluding hydrogens is 1880 g/mol. The van der Waals surface area contributed by atoms with Gasteiger partial charge in [0.25, 0.3) is 22.2 Å². The van der Waals surface area contributed by atoms with E-state index in [0.717, 1.165) is 92.9 Å². The zero-order valence-corrected chi connectivity index (χ0v) is 79.8. The van der Waals surface area contributed by atoms with Crippen LogP contribution in [-0.2, 0) is 80.1 Å². The third kappa shape index (κ3) is 37.5. The molecular formula is C75H94BrCl4CsF5N18NaO16. The van der Waals surface area contributed by atoms with Crippen LogP contribution in [0.5, 0.6) is 0 Å². The number of carbonyl (C=O) groups is 4. The fraction of sp³-hybridized carbons (Fsp3) is 0.493. The van der Waals surface area contributed by atoms with Crippen molar-refractivity contribution in [1.29, 1.82) is 0 Å². The number of alkyl halides is 4. The second-order valence-corrected chi connectivity index (χ2v) is 29.4. The number of carbonyl (C=O) groups excluding carboxylic acids is 4. The SMILES string of the molecule is BrCC1OCCO1.C.CC(C)(C)OC(=O)NC1CCN(CCn2c(=O)cnc3ccc(F)nc32)CC1.CC(C)(C)OC(=O)NC1CCNCC1.ClCCl.O=C1C=Nc2ccc(Cl)nc2C1.O=CCn1c(=O)cnc2ccc(F)nc21.O=c1cnc2ccc(Cl)nc2n1CC1OCCO1.O=c1cnc2ccc(F)nc2n1CC1OCCO1.[2H]CF.[Cs+].[F-].[H-].[Na+]. The Hall–Kier alpha value is -6.12. The van der Waals surface area contributed by atoms with Crippen molar-refractivity contribution in [1.82, 2.24) is 84.0 Å². The van der Waals surface area contributed by atoms with Crippen molar-refractivity contribution in [2.24, 2.45) is 4.99 Å². The summed E-state index contributed by atoms with van der Waals surface area (Å²) < 4.78 is 102. The van der Waals surface area contributed by atoms with E-state index in [1.165, 1.54) is 68.8 Å². The van der Waals surface area contributed by atoms with Gasteiger partial charge in [0.1, 0.15) is 49.9 Å². The monoisotopic (exact) mass is 1970 g/mol. The first-order valence-electron chi connectivity index (χ1n) is 37.0. The normalized spacial score (nSPS) is 15.3. The molecule has 34 nitrogen and oxygen atoms in total. The number of rotatable bonds is 12. The zero-order chi connectivity index (χ0) is 85.9. The Labute approximate surface area is 804 Å². The topological polar surface area (TPSA) is 398 Å². The molecule has 0 unspecified atom stereocenters. The number of hydrogen-bond acceptors (Lipinski definition) is 28. The summed E-state index contributed by atoms with van der Waals surface area (Å²) in [4.78, 5) is 133. The molecule has 9 aromatic rings. The van der Waals surface area contributed by atoms with Gasteiger partial charge in [-0.25, -0.2) is 39.5 Å². The number of ketones is 1. The predicted molar refractivity (Wildman–Crippen MR) is 439 cm³/mol. The quantitative estimate of drug-likeness (QED) is 0.0493. The minimum atomic E-state index is -1.00. The third-order valence-electron chi connectivity index (χ3n) is 16.4. The van der Waals surface area contributed by atoms with Gasteiger partial charge in [0.05, 0.1) is 127 Å². The molecule has 0 radical (unpaired) electrons. The van der Waals surface area contributed by atoms with Crippen LogP contribution >= 0.6 is 62.3 Å². The Bertz CT molecular complexity index is 4960. The molecule has 5 fully saturated rings. The molecule has 0 spiro atoms. The standard InChI is InChI=1S/C19H26FN5O3.C11H10ClN3O3.C11H10FN3O3.C10H20N2O2.C9H6FN3O2.C8H5ClN2O.C4H7BrO2.CH2Cl2.CH3F.CH4.Cs.FH.Na.H/c1-19(2,3)28-18(27)22-13-6-8-24(9-7-13)10-11-25-16(26)12-21-14-4-5-15(20)23-17(14)25;2*12-8-2-1-7-11(14-8)15(9(16)5-13-7)6-10-17-3-4-18-10;1-10(2,3)14-9(13)12-8-4-6-11-7-5-8;10-7-2-1-6-9(12-7)13(3-4-14)8(15)5-11-6;9-8-2-1-6-7(11-8)3-5(12)4-10-6;5-3-4-6-1-2-7-4;2-1-3;1-2;;;;;/h4-5,12-13H,6-11H2,1-3H3,(H,22,27);2*1-2,5,10H,3-4,6H2;8,11H,4-7H2,1-3H3,(H,12,13);1-2,4-5H,3H2;1-2,4H,3H2;4H,1-3H2;1H2;1H3;1H4;;1H;;/q;;;;;;;;;;+1;;+1;-1/p-1/i;;;;;;;;1D;;;;;. The van der Waals surface area contributed by atoms with Gasteiger partial charge in [-0.3, -0.25) is 51.6 Å². The van der Waals surface area contributed by atoms with Crippen LogP contribution < -0.4 is 141 Å². The maximum atomic E-state index is 13.5. The predicted octanol–water partition coefficient (Wildman–Crippen LogP) is 0.518. The average molecular weight is 1980 g/mol. The summed E-state index contributed by atoms with van der Waals surface area (Å²) in [5.41, 5.74) is 1.98. The summed E-state index contributed by atoms with van der Waals surface area (Å²) in [6, 6.07) is 15.1. The number of halogens is 10. The minimum Gasteiger partial charge on any atom is -1.00 e. The van der Waals surface area contributed by atoms with Gasteiger partial charge in [0, 0.05) is 38.3 Å². The number of nitrogens with zero attached hydrogens (tertiary/aromatic N) is 15. The van der Waals surface area contributed by atoms with Gasteiger partial charge in [-0.15, -0.1) is 23.2 Å². The molecule has 0 atom stereocenters. The summed E-state index contributed by atoms with van der Waals surface area (Å²) in [5.74, 6) is -2.04. The summed E-state index contributed by atoms with van der Waals surface area (Å²) in [6.45, 7) is 19.5. The van der Waals surface area contributed by atoms with E-state index in [2.05, 4.69) is 86.6 Å². The first-order chi connectivity index (χ1) is 56.4. The third-order valence-corrected chi connectivity index (χ3v) is 17.3.